The number of amides is 2. The van der Waals surface area contributed by atoms with Gasteiger partial charge in [0.05, 0.1) is 6.04 Å². The number of likely N-dealkylation sites (tertiary alicyclic amines) is 1. The fourth-order valence-electron chi connectivity index (χ4n) is 2.04. The van der Waals surface area contributed by atoms with E-state index in [2.05, 4.69) is 10.3 Å². The smallest absolute Gasteiger partial charge is 0.248 e. The van der Waals surface area contributed by atoms with Crippen LogP contribution in [-0.2, 0) is 9.59 Å². The quantitative estimate of drug-likeness (QED) is 0.831. The van der Waals surface area contributed by atoms with Gasteiger partial charge in [-0.1, -0.05) is 0 Å². The molecule has 0 aliphatic carbocycles. The fraction of sp³-hybridized carbons (Fsp3) is 0.545. The van der Waals surface area contributed by atoms with E-state index in [1.807, 2.05) is 0 Å². The maximum Gasteiger partial charge on any atom is 0.248 e. The van der Waals surface area contributed by atoms with Gasteiger partial charge in [0.25, 0.3) is 0 Å². The van der Waals surface area contributed by atoms with Crippen molar-refractivity contribution in [2.24, 2.45) is 5.73 Å². The molecule has 1 aliphatic heterocycles. The lowest BCUT2D eigenvalue weighted by Crippen LogP contribution is -2.48. The van der Waals surface area contributed by atoms with Crippen molar-refractivity contribution in [2.45, 2.75) is 31.8 Å². The Balaban J connectivity index is 2.02. The topological polar surface area (TPSA) is 88.3 Å². The fourth-order valence-corrected chi connectivity index (χ4v) is 2.57. The molecule has 1 aromatic heterocycles. The highest BCUT2D eigenvalue weighted by Gasteiger charge is 2.35. The highest BCUT2D eigenvalue weighted by atomic mass is 32.1. The Bertz CT molecular complexity index is 432. The van der Waals surface area contributed by atoms with Crippen LogP contribution in [0.4, 0.5) is 5.13 Å². The first kappa shape index (κ1) is 13.0. The summed E-state index contributed by atoms with van der Waals surface area (Å²) in [5.74, 6) is -0.358. The van der Waals surface area contributed by atoms with Gasteiger partial charge in [0.1, 0.15) is 6.04 Å². The van der Waals surface area contributed by atoms with E-state index < -0.39 is 12.1 Å². The number of hydrogen-bond donors (Lipinski definition) is 2. The first-order valence-electron chi connectivity index (χ1n) is 5.86. The van der Waals surface area contributed by atoms with Crippen LogP contribution in [0.2, 0.25) is 0 Å². The zero-order valence-electron chi connectivity index (χ0n) is 10.1. The van der Waals surface area contributed by atoms with E-state index in [0.717, 1.165) is 6.42 Å². The van der Waals surface area contributed by atoms with Crippen LogP contribution in [0.5, 0.6) is 0 Å². The standard InChI is InChI=1S/C11H16N4O2S/c1-7(12)10(17)15-5-2-3-8(15)9(16)14-11-13-4-6-18-11/h4,6-8H,2-3,5,12H2,1H3,(H,13,14,16). The van der Waals surface area contributed by atoms with Gasteiger partial charge in [-0.3, -0.25) is 9.59 Å². The third-order valence-electron chi connectivity index (χ3n) is 2.89. The van der Waals surface area contributed by atoms with Crippen molar-refractivity contribution in [3.63, 3.8) is 0 Å². The minimum atomic E-state index is -0.571. The van der Waals surface area contributed by atoms with E-state index in [-0.39, 0.29) is 11.8 Å². The third kappa shape index (κ3) is 2.68. The zero-order chi connectivity index (χ0) is 13.1. The van der Waals surface area contributed by atoms with Gasteiger partial charge in [0.2, 0.25) is 11.8 Å². The molecule has 0 spiro atoms. The predicted molar refractivity (Wildman–Crippen MR) is 69.1 cm³/mol. The lowest BCUT2D eigenvalue weighted by atomic mass is 10.2. The largest absolute Gasteiger partial charge is 0.329 e. The first-order chi connectivity index (χ1) is 8.59. The highest BCUT2D eigenvalue weighted by Crippen LogP contribution is 2.20. The van der Waals surface area contributed by atoms with Crippen LogP contribution in [-0.4, -0.2) is 40.3 Å². The number of rotatable bonds is 3. The van der Waals surface area contributed by atoms with E-state index in [4.69, 9.17) is 5.73 Å². The molecule has 7 heteroatoms. The lowest BCUT2D eigenvalue weighted by Gasteiger charge is -2.25. The summed E-state index contributed by atoms with van der Waals surface area (Å²) in [6.07, 6.45) is 3.13. The molecular formula is C11H16N4O2S. The Morgan fingerprint density at radius 2 is 2.44 bits per heavy atom. The number of nitrogens with zero attached hydrogens (tertiary/aromatic N) is 2. The molecule has 0 saturated carbocycles. The number of anilines is 1. The molecular weight excluding hydrogens is 252 g/mol. The average molecular weight is 268 g/mol. The molecule has 0 radical (unpaired) electrons. The normalized spacial score (nSPS) is 20.8. The van der Waals surface area contributed by atoms with Gasteiger partial charge in [-0.25, -0.2) is 4.98 Å². The summed E-state index contributed by atoms with van der Waals surface area (Å²) >= 11 is 1.35. The Hall–Kier alpha value is -1.47. The van der Waals surface area contributed by atoms with Crippen molar-refractivity contribution < 1.29 is 9.59 Å². The third-order valence-corrected chi connectivity index (χ3v) is 3.58. The van der Waals surface area contributed by atoms with Gasteiger partial charge in [-0.15, -0.1) is 11.3 Å². The number of thiazole rings is 1. The van der Waals surface area contributed by atoms with E-state index >= 15 is 0 Å². The monoisotopic (exact) mass is 268 g/mol. The minimum Gasteiger partial charge on any atom is -0.329 e. The Kier molecular flexibility index (Phi) is 3.93. The Morgan fingerprint density at radius 1 is 1.67 bits per heavy atom. The molecule has 2 atom stereocenters. The van der Waals surface area contributed by atoms with Crippen LogP contribution in [0.3, 0.4) is 0 Å². The number of carbonyl (C=O) groups excluding carboxylic acids is 2. The minimum absolute atomic E-state index is 0.174. The predicted octanol–water partition coefficient (Wildman–Crippen LogP) is 0.420. The summed E-state index contributed by atoms with van der Waals surface area (Å²) in [5.41, 5.74) is 5.58. The molecule has 2 heterocycles. The Morgan fingerprint density at radius 3 is 3.06 bits per heavy atom. The molecule has 2 rings (SSSR count). The van der Waals surface area contributed by atoms with E-state index in [0.29, 0.717) is 18.1 Å². The number of hydrogen-bond acceptors (Lipinski definition) is 5. The molecule has 0 bridgehead atoms. The summed E-state index contributed by atoms with van der Waals surface area (Å²) in [6.45, 7) is 2.23. The first-order valence-corrected chi connectivity index (χ1v) is 6.74. The average Bonchev–Trinajstić information content (AvgIpc) is 2.97. The molecule has 1 fully saturated rings. The molecule has 6 nitrogen and oxygen atoms in total. The lowest BCUT2D eigenvalue weighted by molar-refractivity contribution is -0.137. The summed E-state index contributed by atoms with van der Waals surface area (Å²) in [4.78, 5) is 29.5. The molecule has 1 aromatic rings. The van der Waals surface area contributed by atoms with Crippen LogP contribution in [0.15, 0.2) is 11.6 Å². The van der Waals surface area contributed by atoms with Crippen LogP contribution in [0.1, 0.15) is 19.8 Å². The maximum atomic E-state index is 12.1. The van der Waals surface area contributed by atoms with Crippen LogP contribution < -0.4 is 11.1 Å². The van der Waals surface area contributed by atoms with Crippen molar-refractivity contribution in [3.8, 4) is 0 Å². The van der Waals surface area contributed by atoms with Gasteiger partial charge >= 0.3 is 0 Å². The van der Waals surface area contributed by atoms with Gasteiger partial charge in [0, 0.05) is 18.1 Å². The molecule has 98 valence electrons. The van der Waals surface area contributed by atoms with Crippen LogP contribution in [0, 0.1) is 0 Å². The SMILES string of the molecule is CC(N)C(=O)N1CCCC1C(=O)Nc1nccs1. The van der Waals surface area contributed by atoms with Crippen LogP contribution >= 0.6 is 11.3 Å². The van der Waals surface area contributed by atoms with Crippen molar-refractivity contribution in [2.75, 3.05) is 11.9 Å². The molecule has 18 heavy (non-hydrogen) atoms. The second kappa shape index (κ2) is 5.45. The number of nitrogens with one attached hydrogen (secondary N) is 1. The highest BCUT2D eigenvalue weighted by molar-refractivity contribution is 7.13. The molecule has 0 aromatic carbocycles. The zero-order valence-corrected chi connectivity index (χ0v) is 10.9. The number of aromatic nitrogens is 1. The molecule has 3 N–H and O–H groups in total. The summed E-state index contributed by atoms with van der Waals surface area (Å²) in [6, 6.07) is -0.995. The molecule has 1 saturated heterocycles. The summed E-state index contributed by atoms with van der Waals surface area (Å²) in [7, 11) is 0. The number of nitrogens with two attached hydrogens (primary N) is 1. The molecule has 2 amide bonds. The van der Waals surface area contributed by atoms with Gasteiger partial charge in [-0.2, -0.15) is 0 Å². The summed E-state index contributed by atoms with van der Waals surface area (Å²) < 4.78 is 0. The van der Waals surface area contributed by atoms with Crippen molar-refractivity contribution in [3.05, 3.63) is 11.6 Å². The van der Waals surface area contributed by atoms with Crippen molar-refractivity contribution in [1.29, 1.82) is 0 Å². The molecule has 1 aliphatic rings. The van der Waals surface area contributed by atoms with E-state index in [1.54, 1.807) is 23.4 Å². The second-order valence-corrected chi connectivity index (χ2v) is 5.20. The van der Waals surface area contributed by atoms with Gasteiger partial charge < -0.3 is 16.0 Å². The van der Waals surface area contributed by atoms with E-state index in [9.17, 15) is 9.59 Å². The van der Waals surface area contributed by atoms with Gasteiger partial charge in [-0.05, 0) is 19.8 Å². The van der Waals surface area contributed by atoms with Crippen molar-refractivity contribution >= 4 is 28.3 Å². The van der Waals surface area contributed by atoms with Crippen LogP contribution in [0.25, 0.3) is 0 Å². The Labute approximate surface area is 109 Å². The molecule has 2 unspecified atom stereocenters. The van der Waals surface area contributed by atoms with E-state index in [1.165, 1.54) is 11.3 Å². The maximum absolute atomic E-state index is 12.1. The number of carbonyl (C=O) groups is 2. The second-order valence-electron chi connectivity index (χ2n) is 4.30. The summed E-state index contributed by atoms with van der Waals surface area (Å²) in [5, 5.41) is 5.06. The van der Waals surface area contributed by atoms with Crippen molar-refractivity contribution in [1.82, 2.24) is 9.88 Å². The van der Waals surface area contributed by atoms with Gasteiger partial charge in [0.15, 0.2) is 5.13 Å².